The molecule has 0 saturated heterocycles. The van der Waals surface area contributed by atoms with Crippen LogP contribution < -0.4 is 20.7 Å². The van der Waals surface area contributed by atoms with E-state index < -0.39 is 0 Å². The van der Waals surface area contributed by atoms with Crippen molar-refractivity contribution in [2.75, 3.05) is 17.7 Å². The monoisotopic (exact) mass is 384 g/mol. The van der Waals surface area contributed by atoms with Crippen LogP contribution in [0.25, 0.3) is 10.2 Å². The molecule has 0 aliphatic rings. The number of nitrogens with zero attached hydrogens (tertiary/aromatic N) is 1. The molecule has 3 rings (SSSR count). The first-order valence-corrected chi connectivity index (χ1v) is 9.27. The number of amides is 3. The lowest BCUT2D eigenvalue weighted by Gasteiger charge is -2.08. The average molecular weight is 384 g/mol. The number of carbonyl (C=O) groups is 2. The molecule has 1 heterocycles. The van der Waals surface area contributed by atoms with Crippen LogP contribution in [0, 0.1) is 0 Å². The molecule has 27 heavy (non-hydrogen) atoms. The molecule has 0 bridgehead atoms. The van der Waals surface area contributed by atoms with E-state index >= 15 is 0 Å². The Morgan fingerprint density at radius 1 is 1.15 bits per heavy atom. The fourth-order valence-electron chi connectivity index (χ4n) is 2.41. The molecule has 7 nitrogen and oxygen atoms in total. The highest BCUT2D eigenvalue weighted by Crippen LogP contribution is 2.28. The van der Waals surface area contributed by atoms with Gasteiger partial charge in [-0.1, -0.05) is 30.4 Å². The minimum absolute atomic E-state index is 0.0793. The largest absolute Gasteiger partial charge is 0.497 e. The van der Waals surface area contributed by atoms with Gasteiger partial charge in [-0.2, -0.15) is 0 Å². The molecule has 1 aromatic heterocycles. The third-order valence-electron chi connectivity index (χ3n) is 3.80. The fraction of sp³-hybridized carbons (Fsp3) is 0.211. The number of rotatable bonds is 6. The Kier molecular flexibility index (Phi) is 5.87. The van der Waals surface area contributed by atoms with Gasteiger partial charge in [0.15, 0.2) is 5.13 Å². The van der Waals surface area contributed by atoms with E-state index in [0.29, 0.717) is 23.8 Å². The normalized spacial score (nSPS) is 10.4. The SMILES string of the molecule is CCC(=O)Nc1nc2cc(NC(=O)NCc3cccc(OC)c3)ccc2s1. The Morgan fingerprint density at radius 3 is 2.78 bits per heavy atom. The van der Waals surface area contributed by atoms with Crippen LogP contribution in [0.15, 0.2) is 42.5 Å². The average Bonchev–Trinajstić information content (AvgIpc) is 3.07. The van der Waals surface area contributed by atoms with Crippen molar-refractivity contribution >= 4 is 44.3 Å². The number of methoxy groups -OCH3 is 1. The van der Waals surface area contributed by atoms with Gasteiger partial charge in [0.2, 0.25) is 5.91 Å². The minimum Gasteiger partial charge on any atom is -0.497 e. The molecule has 0 spiro atoms. The van der Waals surface area contributed by atoms with Crippen LogP contribution in [-0.2, 0) is 11.3 Å². The summed E-state index contributed by atoms with van der Waals surface area (Å²) in [4.78, 5) is 28.0. The number of ether oxygens (including phenoxy) is 1. The third kappa shape index (κ3) is 4.95. The highest BCUT2D eigenvalue weighted by atomic mass is 32.1. The Morgan fingerprint density at radius 2 is 2.00 bits per heavy atom. The van der Waals surface area contributed by atoms with Crippen molar-refractivity contribution in [3.8, 4) is 5.75 Å². The second-order valence-electron chi connectivity index (χ2n) is 5.76. The van der Waals surface area contributed by atoms with Crippen LogP contribution in [0.2, 0.25) is 0 Å². The van der Waals surface area contributed by atoms with Crippen molar-refractivity contribution in [2.45, 2.75) is 19.9 Å². The molecule has 2 aromatic carbocycles. The number of aromatic nitrogens is 1. The first kappa shape index (κ1) is 18.7. The van der Waals surface area contributed by atoms with Gasteiger partial charge >= 0.3 is 6.03 Å². The zero-order chi connectivity index (χ0) is 19.2. The molecule has 3 aromatic rings. The molecule has 0 radical (unpaired) electrons. The maximum absolute atomic E-state index is 12.1. The van der Waals surface area contributed by atoms with Crippen LogP contribution in [0.1, 0.15) is 18.9 Å². The van der Waals surface area contributed by atoms with Gasteiger partial charge in [-0.15, -0.1) is 0 Å². The van der Waals surface area contributed by atoms with E-state index in [1.807, 2.05) is 30.3 Å². The number of hydrogen-bond acceptors (Lipinski definition) is 5. The smallest absolute Gasteiger partial charge is 0.319 e. The van der Waals surface area contributed by atoms with Crippen molar-refractivity contribution in [2.24, 2.45) is 0 Å². The summed E-state index contributed by atoms with van der Waals surface area (Å²) in [5.74, 6) is 0.666. The Balaban J connectivity index is 1.61. The van der Waals surface area contributed by atoms with E-state index in [9.17, 15) is 9.59 Å². The van der Waals surface area contributed by atoms with E-state index in [1.165, 1.54) is 11.3 Å². The molecule has 0 saturated carbocycles. The summed E-state index contributed by atoms with van der Waals surface area (Å²) in [5.41, 5.74) is 2.29. The molecular formula is C19H20N4O3S. The molecule has 0 aliphatic heterocycles. The molecule has 3 N–H and O–H groups in total. The van der Waals surface area contributed by atoms with Crippen LogP contribution in [0.5, 0.6) is 5.75 Å². The van der Waals surface area contributed by atoms with Gasteiger partial charge in [-0.05, 0) is 35.9 Å². The van der Waals surface area contributed by atoms with Gasteiger partial charge in [0, 0.05) is 18.7 Å². The van der Waals surface area contributed by atoms with Crippen molar-refractivity contribution in [3.63, 3.8) is 0 Å². The summed E-state index contributed by atoms with van der Waals surface area (Å²) >= 11 is 1.40. The van der Waals surface area contributed by atoms with Crippen LogP contribution in [0.3, 0.4) is 0 Å². The molecule has 3 amide bonds. The zero-order valence-corrected chi connectivity index (χ0v) is 15.9. The lowest BCUT2D eigenvalue weighted by atomic mass is 10.2. The van der Waals surface area contributed by atoms with Gasteiger partial charge in [-0.3, -0.25) is 4.79 Å². The highest BCUT2D eigenvalue weighted by molar-refractivity contribution is 7.22. The Bertz CT molecular complexity index is 970. The molecular weight excluding hydrogens is 364 g/mol. The van der Waals surface area contributed by atoms with Gasteiger partial charge in [0.05, 0.1) is 17.3 Å². The number of carbonyl (C=O) groups excluding carboxylic acids is 2. The van der Waals surface area contributed by atoms with E-state index in [4.69, 9.17) is 4.74 Å². The Labute approximate surface area is 160 Å². The lowest BCUT2D eigenvalue weighted by molar-refractivity contribution is -0.115. The zero-order valence-electron chi connectivity index (χ0n) is 15.0. The van der Waals surface area contributed by atoms with Gasteiger partial charge in [0.1, 0.15) is 5.75 Å². The van der Waals surface area contributed by atoms with Gasteiger partial charge < -0.3 is 20.7 Å². The highest BCUT2D eigenvalue weighted by Gasteiger charge is 2.08. The van der Waals surface area contributed by atoms with Gasteiger partial charge in [0.25, 0.3) is 0 Å². The van der Waals surface area contributed by atoms with E-state index in [-0.39, 0.29) is 11.9 Å². The summed E-state index contributed by atoms with van der Waals surface area (Å²) in [6, 6.07) is 12.6. The maximum Gasteiger partial charge on any atom is 0.319 e. The first-order valence-electron chi connectivity index (χ1n) is 8.45. The predicted octanol–water partition coefficient (Wildman–Crippen LogP) is 3.98. The van der Waals surface area contributed by atoms with E-state index in [2.05, 4.69) is 20.9 Å². The molecule has 140 valence electrons. The lowest BCUT2D eigenvalue weighted by Crippen LogP contribution is -2.28. The summed E-state index contributed by atoms with van der Waals surface area (Å²) < 4.78 is 6.10. The molecule has 8 heteroatoms. The van der Waals surface area contributed by atoms with E-state index in [0.717, 1.165) is 21.5 Å². The molecule has 0 aliphatic carbocycles. The van der Waals surface area contributed by atoms with Crippen molar-refractivity contribution in [1.29, 1.82) is 0 Å². The fourth-order valence-corrected chi connectivity index (χ4v) is 3.27. The van der Waals surface area contributed by atoms with Crippen LogP contribution in [0.4, 0.5) is 15.6 Å². The molecule has 0 unspecified atom stereocenters. The van der Waals surface area contributed by atoms with Crippen molar-refractivity contribution in [1.82, 2.24) is 10.3 Å². The number of anilines is 2. The number of urea groups is 1. The Hall–Kier alpha value is -3.13. The summed E-state index contributed by atoms with van der Waals surface area (Å²) in [7, 11) is 1.60. The number of benzene rings is 2. The standard InChI is InChI=1S/C19H20N4O3S/c1-3-17(24)23-19-22-15-10-13(7-8-16(15)27-19)21-18(25)20-11-12-5-4-6-14(9-12)26-2/h4-10H,3,11H2,1-2H3,(H2,20,21,25)(H,22,23,24). The van der Waals surface area contributed by atoms with Crippen LogP contribution >= 0.6 is 11.3 Å². The number of hydrogen-bond donors (Lipinski definition) is 3. The second-order valence-corrected chi connectivity index (χ2v) is 6.79. The number of nitrogens with one attached hydrogen (secondary N) is 3. The van der Waals surface area contributed by atoms with E-state index in [1.54, 1.807) is 26.2 Å². The topological polar surface area (TPSA) is 92.4 Å². The third-order valence-corrected chi connectivity index (χ3v) is 4.75. The van der Waals surface area contributed by atoms with Gasteiger partial charge in [-0.25, -0.2) is 9.78 Å². The maximum atomic E-state index is 12.1. The summed E-state index contributed by atoms with van der Waals surface area (Å²) in [5, 5.41) is 8.90. The summed E-state index contributed by atoms with van der Waals surface area (Å²) in [6.45, 7) is 2.17. The minimum atomic E-state index is -0.313. The predicted molar refractivity (Wildman–Crippen MR) is 107 cm³/mol. The number of fused-ring (bicyclic) bond motifs is 1. The first-order chi connectivity index (χ1) is 13.1. The summed E-state index contributed by atoms with van der Waals surface area (Å²) in [6.07, 6.45) is 0.399. The van der Waals surface area contributed by atoms with Crippen molar-refractivity contribution < 1.29 is 14.3 Å². The quantitative estimate of drug-likeness (QED) is 0.599. The van der Waals surface area contributed by atoms with Crippen molar-refractivity contribution in [3.05, 3.63) is 48.0 Å². The molecule has 0 atom stereocenters. The van der Waals surface area contributed by atoms with Crippen LogP contribution in [-0.4, -0.2) is 24.0 Å². The number of thiazole rings is 1. The second kappa shape index (κ2) is 8.50. The molecule has 0 fully saturated rings.